The van der Waals surface area contributed by atoms with Crippen molar-refractivity contribution in [2.24, 2.45) is 5.73 Å². The third-order valence-corrected chi connectivity index (χ3v) is 7.25. The lowest BCUT2D eigenvalue weighted by atomic mass is 9.80. The van der Waals surface area contributed by atoms with Crippen LogP contribution in [0.1, 0.15) is 53.5 Å². The summed E-state index contributed by atoms with van der Waals surface area (Å²) >= 11 is 0. The van der Waals surface area contributed by atoms with E-state index in [4.69, 9.17) is 20.7 Å². The maximum atomic E-state index is 11.4. The second-order valence-corrected chi connectivity index (χ2v) is 9.94. The average Bonchev–Trinajstić information content (AvgIpc) is 3.45. The molecule has 2 aliphatic carbocycles. The number of aliphatic hydroxyl groups is 3. The maximum Gasteiger partial charge on any atom is 0.148 e. The fourth-order valence-electron chi connectivity index (χ4n) is 5.33. The van der Waals surface area contributed by atoms with E-state index in [1.54, 1.807) is 0 Å². The number of nitrogens with two attached hydrogens (primary N) is 1. The van der Waals surface area contributed by atoms with Crippen molar-refractivity contribution in [3.05, 3.63) is 161 Å². The molecule has 44 heavy (non-hydrogen) atoms. The lowest BCUT2D eigenvalue weighted by molar-refractivity contribution is -0.114. The Balaban J connectivity index is 0.000000248. The van der Waals surface area contributed by atoms with Crippen LogP contribution in [0, 0.1) is 0 Å². The van der Waals surface area contributed by atoms with Crippen LogP contribution in [0.4, 0.5) is 0 Å². The van der Waals surface area contributed by atoms with E-state index in [0.29, 0.717) is 12.2 Å². The van der Waals surface area contributed by atoms with Gasteiger partial charge in [-0.15, -0.1) is 0 Å². The van der Waals surface area contributed by atoms with E-state index in [0.717, 1.165) is 30.3 Å². The van der Waals surface area contributed by atoms with Crippen LogP contribution in [0.25, 0.3) is 5.57 Å². The monoisotopic (exact) mass is 593 g/mol. The summed E-state index contributed by atoms with van der Waals surface area (Å²) in [5.74, 6) is 0.438. The predicted octanol–water partition coefficient (Wildman–Crippen LogP) is 5.81. The lowest BCUT2D eigenvalue weighted by Gasteiger charge is -2.30. The molecule has 0 saturated heterocycles. The van der Waals surface area contributed by atoms with Gasteiger partial charge >= 0.3 is 0 Å². The number of allylic oxidation sites excluding steroid dienone is 3. The van der Waals surface area contributed by atoms with Gasteiger partial charge in [-0.25, -0.2) is 0 Å². The van der Waals surface area contributed by atoms with Gasteiger partial charge in [-0.2, -0.15) is 0 Å². The summed E-state index contributed by atoms with van der Waals surface area (Å²) in [6, 6.07) is 38.0. The standard InChI is InChI=1S/C19H16O.C14H15N.C3H6O2.CH4O.CH2O/c20-19(16-10-4-1-5-11-16,17-12-6-2-7-13-17)18-14-8-3-9-15-18;15-9-14-12-7-3-1-5-10(12)11-6-2-4-8-13(11)14;1-3(5)2-4;2*1-2/h1-15,20H;1,3-5,7-8,14H,2,6,9,15H2;2-3,5H,1H3;2H,1H3;1H2/t;;3-;;/m..0../s1. The first-order chi connectivity index (χ1) is 21.5. The number of hydrogen-bond donors (Lipinski definition) is 4. The summed E-state index contributed by atoms with van der Waals surface area (Å²) < 4.78 is 0. The van der Waals surface area contributed by atoms with E-state index in [1.165, 1.54) is 42.0 Å². The largest absolute Gasteiger partial charge is 0.400 e. The van der Waals surface area contributed by atoms with Crippen molar-refractivity contribution >= 4 is 18.6 Å². The minimum atomic E-state index is -1.12. The predicted molar refractivity (Wildman–Crippen MR) is 178 cm³/mol. The smallest absolute Gasteiger partial charge is 0.148 e. The number of hydrogen-bond acceptors (Lipinski definition) is 6. The van der Waals surface area contributed by atoms with Crippen molar-refractivity contribution in [3.8, 4) is 0 Å². The Morgan fingerprint density at radius 2 is 1.23 bits per heavy atom. The number of aldehydes is 1. The van der Waals surface area contributed by atoms with Crippen LogP contribution < -0.4 is 5.73 Å². The molecule has 1 unspecified atom stereocenters. The summed E-state index contributed by atoms with van der Waals surface area (Å²) in [5.41, 5.74) is 13.2. The molecule has 0 aromatic heterocycles. The Morgan fingerprint density at radius 3 is 1.64 bits per heavy atom. The van der Waals surface area contributed by atoms with Crippen molar-refractivity contribution in [3.63, 3.8) is 0 Å². The van der Waals surface area contributed by atoms with Gasteiger partial charge in [0.05, 0.1) is 0 Å². The molecule has 0 bridgehead atoms. The Kier molecular flexibility index (Phi) is 15.4. The minimum Gasteiger partial charge on any atom is -0.400 e. The normalized spacial score (nSPS) is 14.7. The van der Waals surface area contributed by atoms with E-state index >= 15 is 0 Å². The molecule has 0 spiro atoms. The molecule has 6 heteroatoms. The number of carbonyl (C=O) groups excluding carboxylic acids is 2. The van der Waals surface area contributed by atoms with Crippen molar-refractivity contribution in [1.29, 1.82) is 0 Å². The molecule has 0 fully saturated rings. The maximum absolute atomic E-state index is 11.4. The number of aliphatic hydroxyl groups excluding tert-OH is 2. The number of fused-ring (bicyclic) bond motifs is 2. The van der Waals surface area contributed by atoms with E-state index in [9.17, 15) is 9.90 Å². The fraction of sp³-hybridized carbons (Fsp3) is 0.211. The molecule has 0 amide bonds. The summed E-state index contributed by atoms with van der Waals surface area (Å²) in [7, 11) is 1.00. The second kappa shape index (κ2) is 18.9. The second-order valence-electron chi connectivity index (χ2n) is 9.94. The molecular weight excluding hydrogens is 550 g/mol. The van der Waals surface area contributed by atoms with Gasteiger partial charge in [0.2, 0.25) is 0 Å². The molecule has 4 aromatic carbocycles. The average molecular weight is 594 g/mol. The molecular formula is C38H43NO5. The van der Waals surface area contributed by atoms with Gasteiger partial charge in [-0.1, -0.05) is 127 Å². The minimum absolute atomic E-state index is 0.438. The van der Waals surface area contributed by atoms with Crippen molar-refractivity contribution < 1.29 is 24.9 Å². The van der Waals surface area contributed by atoms with Crippen LogP contribution in [0.15, 0.2) is 133 Å². The van der Waals surface area contributed by atoms with E-state index in [1.807, 2.05) is 97.8 Å². The molecule has 230 valence electrons. The molecule has 6 rings (SSSR count). The third-order valence-electron chi connectivity index (χ3n) is 7.25. The van der Waals surface area contributed by atoms with Crippen molar-refractivity contribution in [2.75, 3.05) is 13.7 Å². The first-order valence-electron chi connectivity index (χ1n) is 14.5. The van der Waals surface area contributed by atoms with Gasteiger partial charge < -0.3 is 30.6 Å². The SMILES string of the molecule is C=O.CO.C[C@H](O)C=O.NCC1C2=C(CCC=C2)c2ccccc21.OC(c1ccccc1)(c1ccccc1)c1ccccc1. The summed E-state index contributed by atoms with van der Waals surface area (Å²) in [5, 5.41) is 26.4. The van der Waals surface area contributed by atoms with Crippen molar-refractivity contribution in [1.82, 2.24) is 0 Å². The first kappa shape index (κ1) is 35.7. The van der Waals surface area contributed by atoms with Crippen LogP contribution in [-0.2, 0) is 15.2 Å². The molecule has 0 radical (unpaired) electrons. The Bertz CT molecular complexity index is 1350. The van der Waals surface area contributed by atoms with E-state index in [-0.39, 0.29) is 0 Å². The number of carbonyl (C=O) groups is 2. The third kappa shape index (κ3) is 8.78. The van der Waals surface area contributed by atoms with Crippen LogP contribution in [0.3, 0.4) is 0 Å². The molecule has 2 atom stereocenters. The summed E-state index contributed by atoms with van der Waals surface area (Å²) in [6.45, 7) is 4.13. The zero-order chi connectivity index (χ0) is 32.4. The van der Waals surface area contributed by atoms with Gasteiger partial charge in [0.25, 0.3) is 0 Å². The van der Waals surface area contributed by atoms with E-state index < -0.39 is 11.7 Å². The Morgan fingerprint density at radius 1 is 0.818 bits per heavy atom. The van der Waals surface area contributed by atoms with Crippen LogP contribution in [0.5, 0.6) is 0 Å². The zero-order valence-electron chi connectivity index (χ0n) is 25.4. The Hall–Kier alpha value is -4.46. The highest BCUT2D eigenvalue weighted by Gasteiger charge is 2.33. The Labute approximate surface area is 260 Å². The summed E-state index contributed by atoms with van der Waals surface area (Å²) in [6.07, 6.45) is 6.57. The molecule has 0 aliphatic heterocycles. The van der Waals surface area contributed by atoms with E-state index in [2.05, 4.69) is 36.4 Å². The van der Waals surface area contributed by atoms with Gasteiger partial charge in [-0.05, 0) is 58.7 Å². The highest BCUT2D eigenvalue weighted by molar-refractivity contribution is 5.81. The highest BCUT2D eigenvalue weighted by atomic mass is 16.3. The number of rotatable bonds is 5. The quantitative estimate of drug-likeness (QED) is 0.171. The molecule has 0 saturated carbocycles. The molecule has 6 nitrogen and oxygen atoms in total. The van der Waals surface area contributed by atoms with Gasteiger partial charge in [0, 0.05) is 19.6 Å². The molecule has 4 aromatic rings. The molecule has 5 N–H and O–H groups in total. The first-order valence-corrected chi connectivity index (χ1v) is 14.5. The number of benzene rings is 4. The molecule has 2 aliphatic rings. The topological polar surface area (TPSA) is 121 Å². The van der Waals surface area contributed by atoms with Crippen LogP contribution in [-0.4, -0.2) is 48.2 Å². The highest BCUT2D eigenvalue weighted by Crippen LogP contribution is 2.45. The van der Waals surface area contributed by atoms with Gasteiger partial charge in [-0.3, -0.25) is 0 Å². The molecule has 0 heterocycles. The van der Waals surface area contributed by atoms with Gasteiger partial charge in [0.15, 0.2) is 0 Å². The fourth-order valence-corrected chi connectivity index (χ4v) is 5.33. The van der Waals surface area contributed by atoms with Crippen LogP contribution in [0.2, 0.25) is 0 Å². The zero-order valence-corrected chi connectivity index (χ0v) is 25.4. The van der Waals surface area contributed by atoms with Gasteiger partial charge in [0.1, 0.15) is 24.8 Å². The van der Waals surface area contributed by atoms with Crippen LogP contribution >= 0.6 is 0 Å². The lowest BCUT2D eigenvalue weighted by Crippen LogP contribution is -2.28. The van der Waals surface area contributed by atoms with Crippen molar-refractivity contribution in [2.45, 2.75) is 37.4 Å². The summed E-state index contributed by atoms with van der Waals surface area (Å²) in [4.78, 5) is 17.3.